The highest BCUT2D eigenvalue weighted by atomic mass is 32.2. The molecule has 154 valence electrons. The Morgan fingerprint density at radius 1 is 0.720 bits per heavy atom. The molecule has 0 aliphatic heterocycles. The molecule has 0 aromatic carbocycles. The summed E-state index contributed by atoms with van der Waals surface area (Å²) in [7, 11) is -4.10. The van der Waals surface area contributed by atoms with Gasteiger partial charge in [-0.05, 0) is 32.1 Å². The predicted molar refractivity (Wildman–Crippen MR) is 106 cm³/mol. The van der Waals surface area contributed by atoms with Crippen molar-refractivity contribution >= 4 is 10.1 Å². The molecule has 0 aliphatic rings. The van der Waals surface area contributed by atoms with Gasteiger partial charge < -0.3 is 14.1 Å². The minimum absolute atomic E-state index is 0.0336. The van der Waals surface area contributed by atoms with Gasteiger partial charge in [0.25, 0.3) is 0 Å². The molecule has 0 saturated heterocycles. The van der Waals surface area contributed by atoms with Crippen molar-refractivity contribution in [2.75, 3.05) is 38.5 Å². The zero-order chi connectivity index (χ0) is 19.6. The summed E-state index contributed by atoms with van der Waals surface area (Å²) in [4.78, 5) is 0. The maximum Gasteiger partial charge on any atom is 0.0946 e. The molecular formula is C19H43NO4S. The van der Waals surface area contributed by atoms with Crippen molar-refractivity contribution in [2.45, 2.75) is 85.5 Å². The molecule has 1 N–H and O–H groups in total. The van der Waals surface area contributed by atoms with Crippen LogP contribution in [0.15, 0.2) is 0 Å². The van der Waals surface area contributed by atoms with Gasteiger partial charge in [-0.1, -0.05) is 53.4 Å². The average Bonchev–Trinajstić information content (AvgIpc) is 2.58. The monoisotopic (exact) mass is 381 g/mol. The Bertz CT molecular complexity index is 334. The summed E-state index contributed by atoms with van der Waals surface area (Å²) in [6.45, 7) is 14.8. The lowest BCUT2D eigenvalue weighted by Crippen LogP contribution is -2.50. The minimum Gasteiger partial charge on any atom is -0.748 e. The summed E-state index contributed by atoms with van der Waals surface area (Å²) in [6, 6.07) is 0. The summed E-state index contributed by atoms with van der Waals surface area (Å²) in [5, 5.41) is 8.03. The van der Waals surface area contributed by atoms with Gasteiger partial charge in [0.15, 0.2) is 0 Å². The highest BCUT2D eigenvalue weighted by molar-refractivity contribution is 7.85. The molecule has 0 aromatic rings. The molecule has 6 heteroatoms. The molecule has 0 saturated carbocycles. The van der Waals surface area contributed by atoms with E-state index >= 15 is 0 Å². The molecule has 5 nitrogen and oxygen atoms in total. The van der Waals surface area contributed by atoms with Crippen LogP contribution < -0.4 is 0 Å². The standard InChI is InChI=1S/C16H36N.C3H8O4S/c1-5-9-13-17(14-10-6-2,15-11-7-3)16-12-8-4;4-2-1-3-8(5,6)7/h5-16H2,1-4H3;4H,1-3H2,(H,5,6,7)/q+1;/p-1. The smallest absolute Gasteiger partial charge is 0.0946 e. The minimum atomic E-state index is -4.10. The molecule has 0 atom stereocenters. The molecule has 0 rings (SSSR count). The fourth-order valence-corrected chi connectivity index (χ4v) is 3.37. The lowest BCUT2D eigenvalue weighted by molar-refractivity contribution is -0.929. The largest absolute Gasteiger partial charge is 0.748 e. The molecular weight excluding hydrogens is 338 g/mol. The first-order valence-corrected chi connectivity index (χ1v) is 11.8. The Labute approximate surface area is 157 Å². The average molecular weight is 382 g/mol. The molecule has 0 aliphatic carbocycles. The number of hydrogen-bond acceptors (Lipinski definition) is 4. The third-order valence-electron chi connectivity index (χ3n) is 4.50. The zero-order valence-electron chi connectivity index (χ0n) is 17.1. The first-order chi connectivity index (χ1) is 11.8. The number of hydrogen-bond donors (Lipinski definition) is 1. The number of rotatable bonds is 15. The lowest BCUT2D eigenvalue weighted by atomic mass is 10.1. The Morgan fingerprint density at radius 3 is 1.20 bits per heavy atom. The molecule has 0 unspecified atom stereocenters. The predicted octanol–water partition coefficient (Wildman–Crippen LogP) is 3.92. The van der Waals surface area contributed by atoms with Crippen LogP contribution in [0.1, 0.15) is 85.5 Å². The Hall–Kier alpha value is -0.170. The van der Waals surface area contributed by atoms with E-state index in [0.717, 1.165) is 0 Å². The van der Waals surface area contributed by atoms with Gasteiger partial charge in [-0.3, -0.25) is 0 Å². The van der Waals surface area contributed by atoms with Crippen molar-refractivity contribution in [3.05, 3.63) is 0 Å². The van der Waals surface area contributed by atoms with Crippen molar-refractivity contribution in [2.24, 2.45) is 0 Å². The van der Waals surface area contributed by atoms with E-state index in [1.807, 2.05) is 0 Å². The molecule has 0 heterocycles. The fraction of sp³-hybridized carbons (Fsp3) is 1.00. The molecule has 0 aromatic heterocycles. The quantitative estimate of drug-likeness (QED) is 0.344. The number of aliphatic hydroxyl groups is 1. The van der Waals surface area contributed by atoms with Crippen LogP contribution in [0.3, 0.4) is 0 Å². The third-order valence-corrected chi connectivity index (χ3v) is 5.29. The van der Waals surface area contributed by atoms with Crippen molar-refractivity contribution in [1.29, 1.82) is 0 Å². The van der Waals surface area contributed by atoms with Crippen LogP contribution in [0.25, 0.3) is 0 Å². The van der Waals surface area contributed by atoms with Gasteiger partial charge in [0.2, 0.25) is 0 Å². The zero-order valence-corrected chi connectivity index (χ0v) is 18.0. The normalized spacial score (nSPS) is 11.9. The molecule has 0 fully saturated rings. The highest BCUT2D eigenvalue weighted by Gasteiger charge is 2.24. The number of unbranched alkanes of at least 4 members (excludes halogenated alkanes) is 4. The van der Waals surface area contributed by atoms with E-state index in [2.05, 4.69) is 27.7 Å². The number of quaternary nitrogens is 1. The first kappa shape index (κ1) is 27.1. The van der Waals surface area contributed by atoms with E-state index in [1.54, 1.807) is 0 Å². The maximum atomic E-state index is 9.72. The SMILES string of the molecule is CCCC[N+](CCCC)(CCCC)CCCC.O=S(=O)([O-])CCCO. The van der Waals surface area contributed by atoms with E-state index in [1.165, 1.54) is 82.0 Å². The number of nitrogens with zero attached hydrogens (tertiary/aromatic N) is 1. The van der Waals surface area contributed by atoms with Gasteiger partial charge in [0.1, 0.15) is 0 Å². The van der Waals surface area contributed by atoms with E-state index in [0.29, 0.717) is 0 Å². The molecule has 0 radical (unpaired) electrons. The summed E-state index contributed by atoms with van der Waals surface area (Å²) in [6.07, 6.45) is 11.1. The Balaban J connectivity index is 0. The van der Waals surface area contributed by atoms with Crippen LogP contribution in [0.4, 0.5) is 0 Å². The number of aliphatic hydroxyl groups excluding tert-OH is 1. The van der Waals surface area contributed by atoms with Crippen LogP contribution >= 0.6 is 0 Å². The van der Waals surface area contributed by atoms with Crippen LogP contribution in [-0.2, 0) is 10.1 Å². The maximum absolute atomic E-state index is 9.72. The summed E-state index contributed by atoms with van der Waals surface area (Å²) >= 11 is 0. The summed E-state index contributed by atoms with van der Waals surface area (Å²) in [5.41, 5.74) is 0. The van der Waals surface area contributed by atoms with Gasteiger partial charge in [-0.25, -0.2) is 8.42 Å². The highest BCUT2D eigenvalue weighted by Crippen LogP contribution is 2.16. The van der Waals surface area contributed by atoms with Gasteiger partial charge in [-0.2, -0.15) is 0 Å². The molecule has 0 amide bonds. The van der Waals surface area contributed by atoms with Crippen LogP contribution in [0, 0.1) is 0 Å². The Kier molecular flexibility index (Phi) is 18.7. The summed E-state index contributed by atoms with van der Waals surface area (Å²) < 4.78 is 30.6. The molecule has 0 spiro atoms. The van der Waals surface area contributed by atoms with Gasteiger partial charge in [-0.15, -0.1) is 0 Å². The van der Waals surface area contributed by atoms with Crippen LogP contribution in [-0.4, -0.2) is 61.1 Å². The van der Waals surface area contributed by atoms with Crippen molar-refractivity contribution in [3.8, 4) is 0 Å². The van der Waals surface area contributed by atoms with Crippen molar-refractivity contribution in [1.82, 2.24) is 0 Å². The summed E-state index contributed by atoms with van der Waals surface area (Å²) in [5.74, 6) is -0.469. The van der Waals surface area contributed by atoms with E-state index < -0.39 is 15.9 Å². The van der Waals surface area contributed by atoms with Gasteiger partial charge >= 0.3 is 0 Å². The van der Waals surface area contributed by atoms with E-state index in [4.69, 9.17) is 5.11 Å². The van der Waals surface area contributed by atoms with Gasteiger partial charge in [0, 0.05) is 12.4 Å². The van der Waals surface area contributed by atoms with E-state index in [9.17, 15) is 13.0 Å². The van der Waals surface area contributed by atoms with E-state index in [-0.39, 0.29) is 13.0 Å². The Morgan fingerprint density at radius 2 is 1.04 bits per heavy atom. The molecule has 0 bridgehead atoms. The second-order valence-corrected chi connectivity index (χ2v) is 8.51. The molecule has 25 heavy (non-hydrogen) atoms. The fourth-order valence-electron chi connectivity index (χ4n) is 2.89. The first-order valence-electron chi connectivity index (χ1n) is 10.2. The van der Waals surface area contributed by atoms with Crippen molar-refractivity contribution < 1.29 is 22.6 Å². The van der Waals surface area contributed by atoms with Crippen LogP contribution in [0.2, 0.25) is 0 Å². The second-order valence-electron chi connectivity index (χ2n) is 6.99. The van der Waals surface area contributed by atoms with Crippen molar-refractivity contribution in [3.63, 3.8) is 0 Å². The lowest BCUT2D eigenvalue weighted by Gasteiger charge is -2.39. The van der Waals surface area contributed by atoms with Crippen LogP contribution in [0.5, 0.6) is 0 Å². The topological polar surface area (TPSA) is 77.4 Å². The van der Waals surface area contributed by atoms with Gasteiger partial charge in [0.05, 0.1) is 36.3 Å². The second kappa shape index (κ2) is 17.3. The third kappa shape index (κ3) is 18.4.